The number of hydrogen-bond acceptors (Lipinski definition) is 1. The van der Waals surface area contributed by atoms with Crippen molar-refractivity contribution in [3.05, 3.63) is 0 Å². The fraction of sp³-hybridized carbons (Fsp3) is 1.00. The average Bonchev–Trinajstić information content (AvgIpc) is 2.01. The van der Waals surface area contributed by atoms with Crippen LogP contribution in [0.3, 0.4) is 0 Å². The van der Waals surface area contributed by atoms with Gasteiger partial charge in [-0.25, -0.2) is 0 Å². The standard InChI is InChI=1S/C12H24O/c1-8(2)12(13)11-6-9(3)5-10(4)7-11/h8-13H,5-7H2,1-4H3. The zero-order chi connectivity index (χ0) is 10.0. The first-order chi connectivity index (χ1) is 6.00. The summed E-state index contributed by atoms with van der Waals surface area (Å²) in [4.78, 5) is 0. The Hall–Kier alpha value is -0.0400. The number of aliphatic hydroxyl groups excluding tert-OH is 1. The number of hydrogen-bond donors (Lipinski definition) is 1. The highest BCUT2D eigenvalue weighted by molar-refractivity contribution is 4.80. The van der Waals surface area contributed by atoms with Crippen molar-refractivity contribution < 1.29 is 5.11 Å². The summed E-state index contributed by atoms with van der Waals surface area (Å²) in [5.41, 5.74) is 0. The van der Waals surface area contributed by atoms with Gasteiger partial charge in [-0.05, 0) is 42.9 Å². The van der Waals surface area contributed by atoms with Gasteiger partial charge in [0.15, 0.2) is 0 Å². The molecule has 0 amide bonds. The number of aliphatic hydroxyl groups is 1. The lowest BCUT2D eigenvalue weighted by Gasteiger charge is -2.35. The van der Waals surface area contributed by atoms with Crippen molar-refractivity contribution in [2.45, 2.75) is 53.1 Å². The third-order valence-corrected chi connectivity index (χ3v) is 3.38. The van der Waals surface area contributed by atoms with Gasteiger partial charge in [0, 0.05) is 0 Å². The Morgan fingerprint density at radius 1 is 1.00 bits per heavy atom. The van der Waals surface area contributed by atoms with Crippen LogP contribution in [0.4, 0.5) is 0 Å². The molecule has 3 atom stereocenters. The van der Waals surface area contributed by atoms with Crippen LogP contribution in [0.5, 0.6) is 0 Å². The van der Waals surface area contributed by atoms with Gasteiger partial charge in [0.05, 0.1) is 6.10 Å². The predicted molar refractivity (Wildman–Crippen MR) is 56.5 cm³/mol. The fourth-order valence-corrected chi connectivity index (χ4v) is 2.83. The third kappa shape index (κ3) is 2.98. The lowest BCUT2D eigenvalue weighted by Crippen LogP contribution is -2.32. The summed E-state index contributed by atoms with van der Waals surface area (Å²) < 4.78 is 0. The maximum Gasteiger partial charge on any atom is 0.0591 e. The zero-order valence-corrected chi connectivity index (χ0v) is 9.46. The van der Waals surface area contributed by atoms with Crippen LogP contribution in [0.25, 0.3) is 0 Å². The molecule has 1 aliphatic carbocycles. The van der Waals surface area contributed by atoms with Crippen LogP contribution in [0.15, 0.2) is 0 Å². The summed E-state index contributed by atoms with van der Waals surface area (Å²) in [6, 6.07) is 0. The van der Waals surface area contributed by atoms with E-state index < -0.39 is 0 Å². The van der Waals surface area contributed by atoms with E-state index in [9.17, 15) is 5.11 Å². The molecule has 13 heavy (non-hydrogen) atoms. The molecule has 0 bridgehead atoms. The van der Waals surface area contributed by atoms with Gasteiger partial charge in [-0.1, -0.05) is 27.7 Å². The first-order valence-corrected chi connectivity index (χ1v) is 5.68. The van der Waals surface area contributed by atoms with Gasteiger partial charge in [0.1, 0.15) is 0 Å². The van der Waals surface area contributed by atoms with Crippen LogP contribution < -0.4 is 0 Å². The van der Waals surface area contributed by atoms with E-state index >= 15 is 0 Å². The third-order valence-electron chi connectivity index (χ3n) is 3.38. The SMILES string of the molecule is CC1CC(C)CC(C(O)C(C)C)C1. The molecule has 0 aliphatic heterocycles. The molecule has 1 nitrogen and oxygen atoms in total. The van der Waals surface area contributed by atoms with E-state index in [0.29, 0.717) is 11.8 Å². The lowest BCUT2D eigenvalue weighted by atomic mass is 9.72. The minimum atomic E-state index is -0.0785. The van der Waals surface area contributed by atoms with Crippen LogP contribution in [-0.4, -0.2) is 11.2 Å². The molecule has 0 aromatic rings. The zero-order valence-electron chi connectivity index (χ0n) is 9.46. The first kappa shape index (κ1) is 11.0. The summed E-state index contributed by atoms with van der Waals surface area (Å²) >= 11 is 0. The van der Waals surface area contributed by atoms with Crippen LogP contribution in [-0.2, 0) is 0 Å². The molecule has 0 aromatic carbocycles. The van der Waals surface area contributed by atoms with Crippen molar-refractivity contribution >= 4 is 0 Å². The summed E-state index contributed by atoms with van der Waals surface area (Å²) in [5.74, 6) is 2.59. The molecular weight excluding hydrogens is 160 g/mol. The molecule has 1 N–H and O–H groups in total. The molecule has 0 spiro atoms. The highest BCUT2D eigenvalue weighted by atomic mass is 16.3. The smallest absolute Gasteiger partial charge is 0.0591 e. The van der Waals surface area contributed by atoms with Gasteiger partial charge in [0.2, 0.25) is 0 Å². The Morgan fingerprint density at radius 2 is 1.46 bits per heavy atom. The van der Waals surface area contributed by atoms with Gasteiger partial charge in [-0.3, -0.25) is 0 Å². The minimum Gasteiger partial charge on any atom is -0.393 e. The van der Waals surface area contributed by atoms with Crippen molar-refractivity contribution in [1.82, 2.24) is 0 Å². The molecule has 0 saturated heterocycles. The van der Waals surface area contributed by atoms with Crippen LogP contribution in [0.1, 0.15) is 47.0 Å². The first-order valence-electron chi connectivity index (χ1n) is 5.68. The molecule has 0 radical (unpaired) electrons. The summed E-state index contributed by atoms with van der Waals surface area (Å²) in [5, 5.41) is 9.99. The fourth-order valence-electron chi connectivity index (χ4n) is 2.83. The van der Waals surface area contributed by atoms with E-state index in [1.807, 2.05) is 0 Å². The van der Waals surface area contributed by atoms with Crippen molar-refractivity contribution in [1.29, 1.82) is 0 Å². The quantitative estimate of drug-likeness (QED) is 0.699. The molecule has 0 aromatic heterocycles. The molecule has 1 rings (SSSR count). The molecule has 1 fully saturated rings. The second kappa shape index (κ2) is 4.45. The summed E-state index contributed by atoms with van der Waals surface area (Å²) in [7, 11) is 0. The largest absolute Gasteiger partial charge is 0.393 e. The van der Waals surface area contributed by atoms with Gasteiger partial charge in [0.25, 0.3) is 0 Å². The maximum absolute atomic E-state index is 9.99. The second-order valence-electron chi connectivity index (χ2n) is 5.41. The van der Waals surface area contributed by atoms with Crippen molar-refractivity contribution in [3.63, 3.8) is 0 Å². The Bertz CT molecular complexity index is 143. The van der Waals surface area contributed by atoms with Crippen LogP contribution in [0.2, 0.25) is 0 Å². The van der Waals surface area contributed by atoms with E-state index in [1.165, 1.54) is 19.3 Å². The molecule has 1 aliphatic rings. The summed E-state index contributed by atoms with van der Waals surface area (Å²) in [6.07, 6.45) is 3.72. The van der Waals surface area contributed by atoms with Crippen molar-refractivity contribution in [2.75, 3.05) is 0 Å². The van der Waals surface area contributed by atoms with Crippen LogP contribution in [0, 0.1) is 23.7 Å². The minimum absolute atomic E-state index is 0.0785. The Kier molecular flexibility index (Phi) is 3.78. The van der Waals surface area contributed by atoms with E-state index in [1.54, 1.807) is 0 Å². The molecule has 3 unspecified atom stereocenters. The van der Waals surface area contributed by atoms with Crippen molar-refractivity contribution in [2.24, 2.45) is 23.7 Å². The highest BCUT2D eigenvalue weighted by Gasteiger charge is 2.30. The molecule has 1 heteroatoms. The average molecular weight is 184 g/mol. The van der Waals surface area contributed by atoms with E-state index in [2.05, 4.69) is 27.7 Å². The Morgan fingerprint density at radius 3 is 1.85 bits per heavy atom. The molecule has 0 heterocycles. The van der Waals surface area contributed by atoms with Crippen molar-refractivity contribution in [3.8, 4) is 0 Å². The molecule has 78 valence electrons. The van der Waals surface area contributed by atoms with Crippen LogP contribution >= 0.6 is 0 Å². The maximum atomic E-state index is 9.99. The van der Waals surface area contributed by atoms with Gasteiger partial charge >= 0.3 is 0 Å². The van der Waals surface area contributed by atoms with Gasteiger partial charge in [-0.15, -0.1) is 0 Å². The Balaban J connectivity index is 2.49. The number of rotatable bonds is 2. The van der Waals surface area contributed by atoms with E-state index in [-0.39, 0.29) is 6.10 Å². The molecular formula is C12H24O. The topological polar surface area (TPSA) is 20.2 Å². The normalized spacial score (nSPS) is 37.8. The molecule has 1 saturated carbocycles. The van der Waals surface area contributed by atoms with E-state index in [4.69, 9.17) is 0 Å². The Labute approximate surface area is 82.5 Å². The van der Waals surface area contributed by atoms with E-state index in [0.717, 1.165) is 11.8 Å². The summed E-state index contributed by atoms with van der Waals surface area (Å²) in [6.45, 7) is 8.87. The lowest BCUT2D eigenvalue weighted by molar-refractivity contribution is 0.0238. The van der Waals surface area contributed by atoms with Gasteiger partial charge < -0.3 is 5.11 Å². The second-order valence-corrected chi connectivity index (χ2v) is 5.41. The predicted octanol–water partition coefficient (Wildman–Crippen LogP) is 3.08. The monoisotopic (exact) mass is 184 g/mol. The highest BCUT2D eigenvalue weighted by Crippen LogP contribution is 2.36. The van der Waals surface area contributed by atoms with Gasteiger partial charge in [-0.2, -0.15) is 0 Å².